The van der Waals surface area contributed by atoms with Gasteiger partial charge < -0.3 is 0 Å². The third-order valence-electron chi connectivity index (χ3n) is 5.26. The van der Waals surface area contributed by atoms with Gasteiger partial charge in [0.25, 0.3) is 0 Å². The Hall–Kier alpha value is -0.590. The molecule has 0 aromatic heterocycles. The Morgan fingerprint density at radius 3 is 2.73 bits per heavy atom. The van der Waals surface area contributed by atoms with Gasteiger partial charge in [0.15, 0.2) is 5.78 Å². The monoisotopic (exact) mass is 204 g/mol. The van der Waals surface area contributed by atoms with Gasteiger partial charge in [-0.3, -0.25) is 4.79 Å². The summed E-state index contributed by atoms with van der Waals surface area (Å²) in [4.78, 5) is 12.0. The summed E-state index contributed by atoms with van der Waals surface area (Å²) in [6.45, 7) is 6.95. The molecule has 0 spiro atoms. The molecular weight excluding hydrogens is 184 g/mol. The molecule has 15 heavy (non-hydrogen) atoms. The number of allylic oxidation sites excluding steroid dienone is 2. The van der Waals surface area contributed by atoms with Gasteiger partial charge in [0.2, 0.25) is 0 Å². The molecular formula is C14H20O. The lowest BCUT2D eigenvalue weighted by atomic mass is 9.65. The van der Waals surface area contributed by atoms with Gasteiger partial charge in [0.1, 0.15) is 0 Å². The van der Waals surface area contributed by atoms with Gasteiger partial charge in [-0.25, -0.2) is 0 Å². The number of rotatable bonds is 0. The summed E-state index contributed by atoms with van der Waals surface area (Å²) in [5.74, 6) is 1.39. The summed E-state index contributed by atoms with van der Waals surface area (Å²) in [7, 11) is 0. The zero-order valence-corrected chi connectivity index (χ0v) is 9.97. The number of hydrogen-bond acceptors (Lipinski definition) is 1. The lowest BCUT2D eigenvalue weighted by molar-refractivity contribution is -0.117. The van der Waals surface area contributed by atoms with Gasteiger partial charge in [-0.2, -0.15) is 0 Å². The van der Waals surface area contributed by atoms with Gasteiger partial charge in [-0.1, -0.05) is 32.8 Å². The molecule has 0 bridgehead atoms. The first-order valence-electron chi connectivity index (χ1n) is 6.23. The van der Waals surface area contributed by atoms with E-state index in [1.807, 2.05) is 6.08 Å². The summed E-state index contributed by atoms with van der Waals surface area (Å²) in [6.07, 6.45) is 7.10. The molecule has 0 saturated heterocycles. The van der Waals surface area contributed by atoms with Crippen LogP contribution < -0.4 is 0 Å². The van der Waals surface area contributed by atoms with Crippen molar-refractivity contribution in [2.75, 3.05) is 0 Å². The molecule has 0 amide bonds. The Kier molecular flexibility index (Phi) is 1.64. The van der Waals surface area contributed by atoms with E-state index in [0.717, 1.165) is 0 Å². The fourth-order valence-corrected chi connectivity index (χ4v) is 4.47. The van der Waals surface area contributed by atoms with Crippen molar-refractivity contribution in [3.8, 4) is 0 Å². The lowest BCUT2D eigenvalue weighted by Crippen LogP contribution is -2.31. The maximum Gasteiger partial charge on any atom is 0.159 e. The van der Waals surface area contributed by atoms with Crippen molar-refractivity contribution in [2.45, 2.75) is 46.5 Å². The van der Waals surface area contributed by atoms with E-state index in [2.05, 4.69) is 20.8 Å². The van der Waals surface area contributed by atoms with Crippen LogP contribution in [-0.2, 0) is 4.79 Å². The topological polar surface area (TPSA) is 17.1 Å². The SMILES string of the molecule is CC1(C)[C@H]2[C@@H]1C(=O)C=C1CCCC[C@]12C. The minimum atomic E-state index is 0.265. The Bertz CT molecular complexity index is 364. The van der Waals surface area contributed by atoms with Crippen molar-refractivity contribution in [1.29, 1.82) is 0 Å². The van der Waals surface area contributed by atoms with Gasteiger partial charge in [0.05, 0.1) is 0 Å². The van der Waals surface area contributed by atoms with Crippen molar-refractivity contribution in [3.63, 3.8) is 0 Å². The zero-order chi connectivity index (χ0) is 10.8. The number of fused-ring (bicyclic) bond motifs is 3. The maximum absolute atomic E-state index is 12.0. The van der Waals surface area contributed by atoms with Gasteiger partial charge in [-0.05, 0) is 42.1 Å². The molecule has 2 fully saturated rings. The minimum Gasteiger partial charge on any atom is -0.295 e. The second kappa shape index (κ2) is 2.56. The summed E-state index contributed by atoms with van der Waals surface area (Å²) in [6, 6.07) is 0. The van der Waals surface area contributed by atoms with E-state index in [4.69, 9.17) is 0 Å². The Balaban J connectivity index is 2.06. The lowest BCUT2D eigenvalue weighted by Gasteiger charge is -2.39. The molecule has 3 aliphatic rings. The van der Waals surface area contributed by atoms with Crippen LogP contribution >= 0.6 is 0 Å². The average molecular weight is 204 g/mol. The highest BCUT2D eigenvalue weighted by Gasteiger charge is 2.69. The molecule has 1 heteroatoms. The van der Waals surface area contributed by atoms with Crippen LogP contribution in [0.3, 0.4) is 0 Å². The van der Waals surface area contributed by atoms with E-state index in [-0.39, 0.29) is 5.41 Å². The number of hydrogen-bond donors (Lipinski definition) is 0. The first-order chi connectivity index (χ1) is 6.98. The summed E-state index contributed by atoms with van der Waals surface area (Å²) < 4.78 is 0. The van der Waals surface area contributed by atoms with Crippen LogP contribution in [0.2, 0.25) is 0 Å². The molecule has 0 radical (unpaired) electrons. The number of carbonyl (C=O) groups is 1. The standard InChI is InChI=1S/C14H20O/c1-13(2)11-10(15)8-9-6-4-5-7-14(9,3)12(11)13/h8,11-12H,4-7H2,1-3H3/t11-,12+,14+/m0/s1. The summed E-state index contributed by atoms with van der Waals surface area (Å²) in [5.41, 5.74) is 2.09. The fraction of sp³-hybridized carbons (Fsp3) is 0.786. The van der Waals surface area contributed by atoms with Crippen molar-refractivity contribution >= 4 is 5.78 Å². The predicted octanol–water partition coefficient (Wildman–Crippen LogP) is 3.35. The van der Waals surface area contributed by atoms with Crippen LogP contribution in [0, 0.1) is 22.7 Å². The molecule has 3 aliphatic carbocycles. The van der Waals surface area contributed by atoms with Crippen LogP contribution in [0.25, 0.3) is 0 Å². The molecule has 0 aliphatic heterocycles. The van der Waals surface area contributed by atoms with Crippen molar-refractivity contribution in [3.05, 3.63) is 11.6 Å². The van der Waals surface area contributed by atoms with Crippen LogP contribution in [0.4, 0.5) is 0 Å². The van der Waals surface area contributed by atoms with Crippen LogP contribution in [0.5, 0.6) is 0 Å². The molecule has 0 aromatic carbocycles. The van der Waals surface area contributed by atoms with Crippen molar-refractivity contribution in [2.24, 2.45) is 22.7 Å². The average Bonchev–Trinajstić information content (AvgIpc) is 2.74. The Morgan fingerprint density at radius 1 is 1.27 bits per heavy atom. The van der Waals surface area contributed by atoms with E-state index in [1.165, 1.54) is 31.3 Å². The highest BCUT2D eigenvalue weighted by Crippen LogP contribution is 2.72. The van der Waals surface area contributed by atoms with Gasteiger partial charge >= 0.3 is 0 Å². The molecule has 82 valence electrons. The number of ketones is 1. The van der Waals surface area contributed by atoms with E-state index < -0.39 is 0 Å². The molecule has 0 N–H and O–H groups in total. The fourth-order valence-electron chi connectivity index (χ4n) is 4.47. The van der Waals surface area contributed by atoms with E-state index in [0.29, 0.717) is 23.0 Å². The maximum atomic E-state index is 12.0. The smallest absolute Gasteiger partial charge is 0.159 e. The molecule has 2 saturated carbocycles. The molecule has 1 nitrogen and oxygen atoms in total. The molecule has 0 heterocycles. The summed E-state index contributed by atoms with van der Waals surface area (Å²) in [5, 5.41) is 0. The van der Waals surface area contributed by atoms with Crippen LogP contribution in [0.15, 0.2) is 11.6 Å². The minimum absolute atomic E-state index is 0.265. The Labute approximate surface area is 91.9 Å². The second-order valence-electron chi connectivity index (χ2n) is 6.47. The van der Waals surface area contributed by atoms with E-state index >= 15 is 0 Å². The highest BCUT2D eigenvalue weighted by atomic mass is 16.1. The predicted molar refractivity (Wildman–Crippen MR) is 60.4 cm³/mol. The summed E-state index contributed by atoms with van der Waals surface area (Å²) >= 11 is 0. The first kappa shape index (κ1) is 9.62. The highest BCUT2D eigenvalue weighted by molar-refractivity contribution is 5.97. The van der Waals surface area contributed by atoms with Gasteiger partial charge in [0, 0.05) is 5.92 Å². The van der Waals surface area contributed by atoms with Gasteiger partial charge in [-0.15, -0.1) is 0 Å². The molecule has 0 unspecified atom stereocenters. The molecule has 3 atom stereocenters. The third-order valence-corrected chi connectivity index (χ3v) is 5.26. The third kappa shape index (κ3) is 1.02. The van der Waals surface area contributed by atoms with Crippen molar-refractivity contribution in [1.82, 2.24) is 0 Å². The van der Waals surface area contributed by atoms with Crippen LogP contribution in [0.1, 0.15) is 46.5 Å². The largest absolute Gasteiger partial charge is 0.295 e. The number of carbonyl (C=O) groups excluding carboxylic acids is 1. The second-order valence-corrected chi connectivity index (χ2v) is 6.47. The first-order valence-corrected chi connectivity index (χ1v) is 6.23. The zero-order valence-electron chi connectivity index (χ0n) is 9.97. The van der Waals surface area contributed by atoms with E-state index in [9.17, 15) is 4.79 Å². The van der Waals surface area contributed by atoms with Crippen LogP contribution in [-0.4, -0.2) is 5.78 Å². The van der Waals surface area contributed by atoms with Crippen molar-refractivity contribution < 1.29 is 4.79 Å². The Morgan fingerprint density at radius 2 is 2.00 bits per heavy atom. The molecule has 0 aromatic rings. The quantitative estimate of drug-likeness (QED) is 0.591. The van der Waals surface area contributed by atoms with E-state index in [1.54, 1.807) is 0 Å². The normalized spacial score (nSPS) is 46.6. The molecule has 3 rings (SSSR count).